The summed E-state index contributed by atoms with van der Waals surface area (Å²) in [5.41, 5.74) is 0.916. The normalized spacial score (nSPS) is 10.7. The molecule has 0 saturated carbocycles. The monoisotopic (exact) mass is 484 g/mol. The molecule has 0 radical (unpaired) electrons. The molecule has 0 aliphatic carbocycles. The lowest BCUT2D eigenvalue weighted by molar-refractivity contribution is -0.134. The van der Waals surface area contributed by atoms with Crippen LogP contribution < -0.4 is 15.0 Å². The number of benzene rings is 2. The second-order valence-electron chi connectivity index (χ2n) is 8.45. The van der Waals surface area contributed by atoms with Gasteiger partial charge in [0.05, 0.1) is 0 Å². The highest BCUT2D eigenvalue weighted by molar-refractivity contribution is 7.99. The molecule has 0 aromatic heterocycles. The number of amides is 2. The minimum Gasteiger partial charge on any atom is -0.427 e. The summed E-state index contributed by atoms with van der Waals surface area (Å²) in [5, 5.41) is 3.07. The lowest BCUT2D eigenvalue weighted by Gasteiger charge is -2.24. The molecule has 5 nitrogen and oxygen atoms in total. The predicted molar refractivity (Wildman–Crippen MR) is 142 cm³/mol. The quantitative estimate of drug-likeness (QED) is 0.159. The zero-order valence-corrected chi connectivity index (χ0v) is 21.8. The first-order chi connectivity index (χ1) is 16.6. The van der Waals surface area contributed by atoms with E-state index in [4.69, 9.17) is 4.74 Å². The van der Waals surface area contributed by atoms with Gasteiger partial charge in [-0.25, -0.2) is 4.79 Å². The zero-order valence-electron chi connectivity index (χ0n) is 21.0. The third-order valence-corrected chi connectivity index (χ3v) is 6.41. The van der Waals surface area contributed by atoms with Crippen LogP contribution in [0.5, 0.6) is 5.75 Å². The molecule has 0 bridgehead atoms. The molecule has 0 unspecified atom stereocenters. The van der Waals surface area contributed by atoms with Crippen molar-refractivity contribution in [1.29, 1.82) is 0 Å². The van der Waals surface area contributed by atoms with Crippen LogP contribution >= 0.6 is 11.8 Å². The van der Waals surface area contributed by atoms with Crippen LogP contribution in [-0.2, 0) is 4.79 Å². The molecule has 2 amide bonds. The third-order valence-electron chi connectivity index (χ3n) is 5.41. The van der Waals surface area contributed by atoms with Crippen LogP contribution in [0, 0.1) is 0 Å². The molecular weight excluding hydrogens is 444 g/mol. The Morgan fingerprint density at radius 1 is 0.853 bits per heavy atom. The van der Waals surface area contributed by atoms with Gasteiger partial charge in [-0.2, -0.15) is 0 Å². The molecule has 186 valence electrons. The highest BCUT2D eigenvalue weighted by Gasteiger charge is 2.15. The van der Waals surface area contributed by atoms with Crippen molar-refractivity contribution < 1.29 is 14.3 Å². The van der Waals surface area contributed by atoms with Crippen LogP contribution in [0.2, 0.25) is 0 Å². The van der Waals surface area contributed by atoms with Gasteiger partial charge in [-0.3, -0.25) is 9.69 Å². The van der Waals surface area contributed by atoms with Crippen molar-refractivity contribution in [3.05, 3.63) is 48.5 Å². The van der Waals surface area contributed by atoms with Gasteiger partial charge in [-0.1, -0.05) is 70.7 Å². The molecule has 0 aliphatic heterocycles. The average molecular weight is 485 g/mol. The van der Waals surface area contributed by atoms with E-state index in [2.05, 4.69) is 31.3 Å². The summed E-state index contributed by atoms with van der Waals surface area (Å²) in [4.78, 5) is 28.6. The van der Waals surface area contributed by atoms with E-state index in [0.717, 1.165) is 47.6 Å². The van der Waals surface area contributed by atoms with Crippen LogP contribution in [-0.4, -0.2) is 25.1 Å². The SMILES string of the molecule is CCCCCCCN(C(=O)NCCCC)c1cccc(Sc2ccc(OC(=O)CCC)cc2)c1. The summed E-state index contributed by atoms with van der Waals surface area (Å²) >= 11 is 1.63. The Morgan fingerprint density at radius 3 is 2.29 bits per heavy atom. The molecule has 0 heterocycles. The number of anilines is 1. The van der Waals surface area contributed by atoms with Crippen LogP contribution in [0.4, 0.5) is 10.5 Å². The first-order valence-electron chi connectivity index (χ1n) is 12.7. The van der Waals surface area contributed by atoms with Crippen molar-refractivity contribution in [1.82, 2.24) is 5.32 Å². The molecule has 0 aliphatic rings. The van der Waals surface area contributed by atoms with E-state index in [1.807, 2.05) is 48.2 Å². The highest BCUT2D eigenvalue weighted by atomic mass is 32.2. The van der Waals surface area contributed by atoms with E-state index in [-0.39, 0.29) is 12.0 Å². The maximum Gasteiger partial charge on any atom is 0.321 e. The molecular formula is C28H40N2O3S. The minimum absolute atomic E-state index is 0.0238. The van der Waals surface area contributed by atoms with Crippen molar-refractivity contribution in [3.63, 3.8) is 0 Å². The lowest BCUT2D eigenvalue weighted by atomic mass is 10.1. The Balaban J connectivity index is 2.06. The molecule has 2 aromatic rings. The van der Waals surface area contributed by atoms with Gasteiger partial charge in [0.25, 0.3) is 0 Å². The largest absolute Gasteiger partial charge is 0.427 e. The Labute approximate surface area is 209 Å². The van der Waals surface area contributed by atoms with E-state index >= 15 is 0 Å². The van der Waals surface area contributed by atoms with E-state index in [9.17, 15) is 9.59 Å². The summed E-state index contributed by atoms with van der Waals surface area (Å²) in [5.74, 6) is 0.358. The van der Waals surface area contributed by atoms with E-state index in [1.54, 1.807) is 11.8 Å². The Morgan fingerprint density at radius 2 is 1.59 bits per heavy atom. The second kappa shape index (κ2) is 16.2. The number of esters is 1. The van der Waals surface area contributed by atoms with Crippen LogP contribution in [0.15, 0.2) is 58.3 Å². The third kappa shape index (κ3) is 10.2. The van der Waals surface area contributed by atoms with Crippen LogP contribution in [0.1, 0.15) is 78.6 Å². The van der Waals surface area contributed by atoms with Gasteiger partial charge in [0.15, 0.2) is 0 Å². The summed E-state index contributed by atoms with van der Waals surface area (Å²) in [6.07, 6.45) is 9.03. The Hall–Kier alpha value is -2.47. The number of hydrogen-bond donors (Lipinski definition) is 1. The molecule has 6 heteroatoms. The summed E-state index contributed by atoms with van der Waals surface area (Å²) in [6.45, 7) is 7.71. The molecule has 0 fully saturated rings. The summed E-state index contributed by atoms with van der Waals surface area (Å²) in [6, 6.07) is 15.7. The summed E-state index contributed by atoms with van der Waals surface area (Å²) in [7, 11) is 0. The fraction of sp³-hybridized carbons (Fsp3) is 0.500. The van der Waals surface area contributed by atoms with E-state index in [0.29, 0.717) is 25.3 Å². The molecule has 0 spiro atoms. The van der Waals surface area contributed by atoms with E-state index in [1.165, 1.54) is 19.3 Å². The summed E-state index contributed by atoms with van der Waals surface area (Å²) < 4.78 is 5.34. The molecule has 2 rings (SSSR count). The predicted octanol–water partition coefficient (Wildman–Crippen LogP) is 7.83. The van der Waals surface area contributed by atoms with Crippen molar-refractivity contribution in [2.75, 3.05) is 18.0 Å². The second-order valence-corrected chi connectivity index (χ2v) is 9.59. The maximum atomic E-state index is 12.9. The zero-order chi connectivity index (χ0) is 24.6. The molecule has 2 aromatic carbocycles. The van der Waals surface area contributed by atoms with Gasteiger partial charge in [0.1, 0.15) is 5.75 Å². The standard InChI is InChI=1S/C28H40N2O3S/c1-4-7-9-10-11-21-30(28(32)29-20-8-5-2)23-14-12-15-26(22-23)34-25-18-16-24(17-19-25)33-27(31)13-6-3/h12,14-19,22H,4-11,13,20-21H2,1-3H3,(H,29,32). The van der Waals surface area contributed by atoms with Crippen molar-refractivity contribution in [2.45, 2.75) is 88.3 Å². The fourth-order valence-corrected chi connectivity index (χ4v) is 4.37. The number of carbonyl (C=O) groups excluding carboxylic acids is 2. The van der Waals surface area contributed by atoms with Crippen LogP contribution in [0.25, 0.3) is 0 Å². The topological polar surface area (TPSA) is 58.6 Å². The van der Waals surface area contributed by atoms with Gasteiger partial charge in [0, 0.05) is 35.0 Å². The number of nitrogens with zero attached hydrogens (tertiary/aromatic N) is 1. The number of ether oxygens (including phenoxy) is 1. The maximum absolute atomic E-state index is 12.9. The molecule has 0 saturated heterocycles. The van der Waals surface area contributed by atoms with Crippen molar-refractivity contribution >= 4 is 29.4 Å². The van der Waals surface area contributed by atoms with Crippen molar-refractivity contribution in [3.8, 4) is 5.75 Å². The molecule has 34 heavy (non-hydrogen) atoms. The number of urea groups is 1. The number of carbonyl (C=O) groups is 2. The fourth-order valence-electron chi connectivity index (χ4n) is 3.50. The first-order valence-corrected chi connectivity index (χ1v) is 13.5. The number of hydrogen-bond acceptors (Lipinski definition) is 4. The van der Waals surface area contributed by atoms with Gasteiger partial charge in [-0.05, 0) is 61.7 Å². The average Bonchev–Trinajstić information content (AvgIpc) is 2.83. The van der Waals surface area contributed by atoms with E-state index < -0.39 is 0 Å². The number of unbranched alkanes of at least 4 members (excludes halogenated alkanes) is 5. The van der Waals surface area contributed by atoms with Gasteiger partial charge in [-0.15, -0.1) is 0 Å². The Bertz CT molecular complexity index is 870. The number of nitrogens with one attached hydrogen (secondary N) is 1. The molecule has 1 N–H and O–H groups in total. The highest BCUT2D eigenvalue weighted by Crippen LogP contribution is 2.31. The van der Waals surface area contributed by atoms with Gasteiger partial charge < -0.3 is 10.1 Å². The van der Waals surface area contributed by atoms with Gasteiger partial charge >= 0.3 is 12.0 Å². The minimum atomic E-state index is -0.206. The van der Waals surface area contributed by atoms with Crippen LogP contribution in [0.3, 0.4) is 0 Å². The molecule has 0 atom stereocenters. The van der Waals surface area contributed by atoms with Gasteiger partial charge in [0.2, 0.25) is 0 Å². The number of rotatable bonds is 15. The first kappa shape index (κ1) is 27.8. The lowest BCUT2D eigenvalue weighted by Crippen LogP contribution is -2.41. The Kier molecular flexibility index (Phi) is 13.2. The smallest absolute Gasteiger partial charge is 0.321 e. The van der Waals surface area contributed by atoms with Crippen molar-refractivity contribution in [2.24, 2.45) is 0 Å².